The molecule has 1 saturated carbocycles. The number of hydrogen-bond acceptors (Lipinski definition) is 3. The molecule has 0 unspecified atom stereocenters. The summed E-state index contributed by atoms with van der Waals surface area (Å²) in [5.74, 6) is 0.0492. The molecule has 0 amide bonds. The second-order valence-corrected chi connectivity index (χ2v) is 6.79. The van der Waals surface area contributed by atoms with Crippen molar-refractivity contribution in [3.05, 3.63) is 29.8 Å². The molecule has 0 atom stereocenters. The van der Waals surface area contributed by atoms with Crippen molar-refractivity contribution in [2.45, 2.75) is 38.6 Å². The van der Waals surface area contributed by atoms with E-state index in [9.17, 15) is 4.79 Å². The first-order valence-corrected chi connectivity index (χ1v) is 8.46. The lowest BCUT2D eigenvalue weighted by molar-refractivity contribution is 0.0697. The normalized spacial score (nSPS) is 26.9. The van der Waals surface area contributed by atoms with Crippen LogP contribution in [-0.2, 0) is 0 Å². The van der Waals surface area contributed by atoms with Crippen LogP contribution in [0.2, 0.25) is 0 Å². The molecule has 22 heavy (non-hydrogen) atoms. The van der Waals surface area contributed by atoms with E-state index in [1.807, 2.05) is 12.1 Å². The van der Waals surface area contributed by atoms with Gasteiger partial charge in [-0.3, -0.25) is 4.90 Å². The van der Waals surface area contributed by atoms with Crippen LogP contribution in [0.3, 0.4) is 0 Å². The third kappa shape index (κ3) is 3.43. The van der Waals surface area contributed by atoms with Crippen LogP contribution in [0.25, 0.3) is 0 Å². The summed E-state index contributed by atoms with van der Waals surface area (Å²) in [6.07, 6.45) is 5.46. The maximum Gasteiger partial charge on any atom is 0.335 e. The van der Waals surface area contributed by atoms with Gasteiger partial charge in [-0.2, -0.15) is 0 Å². The van der Waals surface area contributed by atoms with Crippen molar-refractivity contribution in [2.75, 3.05) is 31.1 Å². The zero-order valence-electron chi connectivity index (χ0n) is 13.4. The SMILES string of the molecule is CC1CCC(N2CCN(c3ccc(C(=O)O)cc3)CC2)CC1. The fourth-order valence-electron chi connectivity index (χ4n) is 3.77. The Morgan fingerprint density at radius 2 is 1.59 bits per heavy atom. The minimum atomic E-state index is -0.858. The molecule has 1 heterocycles. The van der Waals surface area contributed by atoms with Gasteiger partial charge in [0.05, 0.1) is 5.56 Å². The van der Waals surface area contributed by atoms with Gasteiger partial charge in [-0.25, -0.2) is 4.79 Å². The number of nitrogens with zero attached hydrogens (tertiary/aromatic N) is 2. The van der Waals surface area contributed by atoms with Crippen LogP contribution in [0.15, 0.2) is 24.3 Å². The van der Waals surface area contributed by atoms with E-state index >= 15 is 0 Å². The Hall–Kier alpha value is -1.55. The molecule has 0 radical (unpaired) electrons. The lowest BCUT2D eigenvalue weighted by Gasteiger charge is -2.42. The number of carbonyl (C=O) groups is 1. The molecule has 1 aliphatic carbocycles. The summed E-state index contributed by atoms with van der Waals surface area (Å²) in [6, 6.07) is 8.05. The first-order valence-electron chi connectivity index (χ1n) is 8.46. The van der Waals surface area contributed by atoms with Crippen LogP contribution < -0.4 is 4.90 Å². The Balaban J connectivity index is 1.54. The van der Waals surface area contributed by atoms with E-state index in [2.05, 4.69) is 16.7 Å². The van der Waals surface area contributed by atoms with E-state index < -0.39 is 5.97 Å². The van der Waals surface area contributed by atoms with E-state index in [0.717, 1.165) is 43.8 Å². The van der Waals surface area contributed by atoms with E-state index in [0.29, 0.717) is 5.56 Å². The largest absolute Gasteiger partial charge is 0.478 e. The zero-order valence-corrected chi connectivity index (χ0v) is 13.4. The third-order valence-electron chi connectivity index (χ3n) is 5.30. The maximum absolute atomic E-state index is 10.9. The first-order chi connectivity index (χ1) is 10.6. The number of aromatic carboxylic acids is 1. The Morgan fingerprint density at radius 1 is 1.00 bits per heavy atom. The van der Waals surface area contributed by atoms with Gasteiger partial charge in [0.2, 0.25) is 0 Å². The van der Waals surface area contributed by atoms with Crippen LogP contribution in [0.5, 0.6) is 0 Å². The number of piperazine rings is 1. The van der Waals surface area contributed by atoms with E-state index in [-0.39, 0.29) is 0 Å². The number of anilines is 1. The standard InChI is InChI=1S/C18H26N2O2/c1-14-2-6-16(7-3-14)19-10-12-20(13-11-19)17-8-4-15(5-9-17)18(21)22/h4-5,8-9,14,16H,2-3,6-7,10-13H2,1H3,(H,21,22). The molecule has 1 aliphatic heterocycles. The average Bonchev–Trinajstić information content (AvgIpc) is 2.56. The highest BCUT2D eigenvalue weighted by atomic mass is 16.4. The molecule has 1 aromatic rings. The van der Waals surface area contributed by atoms with Gasteiger partial charge < -0.3 is 10.0 Å². The molecule has 1 saturated heterocycles. The van der Waals surface area contributed by atoms with Crippen molar-refractivity contribution in [1.29, 1.82) is 0 Å². The minimum absolute atomic E-state index is 0.360. The molecule has 0 spiro atoms. The summed E-state index contributed by atoms with van der Waals surface area (Å²) < 4.78 is 0. The molecule has 2 aliphatic rings. The van der Waals surface area contributed by atoms with Crippen molar-refractivity contribution in [3.8, 4) is 0 Å². The predicted molar refractivity (Wildman–Crippen MR) is 88.6 cm³/mol. The molecule has 0 bridgehead atoms. The number of benzene rings is 1. The van der Waals surface area contributed by atoms with Crippen molar-refractivity contribution < 1.29 is 9.90 Å². The molecule has 2 fully saturated rings. The second-order valence-electron chi connectivity index (χ2n) is 6.79. The van der Waals surface area contributed by atoms with Crippen LogP contribution >= 0.6 is 0 Å². The molecular weight excluding hydrogens is 276 g/mol. The zero-order chi connectivity index (χ0) is 15.5. The summed E-state index contributed by atoms with van der Waals surface area (Å²) in [6.45, 7) is 6.70. The fraction of sp³-hybridized carbons (Fsp3) is 0.611. The molecule has 3 rings (SSSR count). The Kier molecular flexibility index (Phi) is 4.67. The van der Waals surface area contributed by atoms with Crippen molar-refractivity contribution in [1.82, 2.24) is 4.90 Å². The lowest BCUT2D eigenvalue weighted by atomic mass is 9.86. The first kappa shape index (κ1) is 15.3. The van der Waals surface area contributed by atoms with E-state index in [1.54, 1.807) is 12.1 Å². The summed E-state index contributed by atoms with van der Waals surface area (Å²) in [5, 5.41) is 8.96. The van der Waals surface area contributed by atoms with E-state index in [4.69, 9.17) is 5.11 Å². The number of hydrogen-bond donors (Lipinski definition) is 1. The quantitative estimate of drug-likeness (QED) is 0.932. The summed E-state index contributed by atoms with van der Waals surface area (Å²) in [7, 11) is 0. The van der Waals surface area contributed by atoms with Crippen molar-refractivity contribution in [3.63, 3.8) is 0 Å². The Labute approximate surface area is 132 Å². The van der Waals surface area contributed by atoms with Gasteiger partial charge in [0.25, 0.3) is 0 Å². The topological polar surface area (TPSA) is 43.8 Å². The monoisotopic (exact) mass is 302 g/mol. The van der Waals surface area contributed by atoms with Gasteiger partial charge in [0.15, 0.2) is 0 Å². The maximum atomic E-state index is 10.9. The van der Waals surface area contributed by atoms with Crippen LogP contribution in [-0.4, -0.2) is 48.2 Å². The van der Waals surface area contributed by atoms with Crippen LogP contribution in [0.1, 0.15) is 43.0 Å². The molecule has 0 aromatic heterocycles. The smallest absolute Gasteiger partial charge is 0.335 e. The number of carboxylic acid groups (broad SMARTS) is 1. The van der Waals surface area contributed by atoms with Gasteiger partial charge >= 0.3 is 5.97 Å². The molecular formula is C18H26N2O2. The van der Waals surface area contributed by atoms with Crippen LogP contribution in [0.4, 0.5) is 5.69 Å². The van der Waals surface area contributed by atoms with Gasteiger partial charge in [-0.1, -0.05) is 6.92 Å². The molecule has 4 heteroatoms. The van der Waals surface area contributed by atoms with Crippen molar-refractivity contribution in [2.24, 2.45) is 5.92 Å². The molecule has 120 valence electrons. The highest BCUT2D eigenvalue weighted by Crippen LogP contribution is 2.28. The average molecular weight is 302 g/mol. The highest BCUT2D eigenvalue weighted by Gasteiger charge is 2.27. The summed E-state index contributed by atoms with van der Waals surface area (Å²) in [4.78, 5) is 15.9. The lowest BCUT2D eigenvalue weighted by Crippen LogP contribution is -2.51. The predicted octanol–water partition coefficient (Wildman–Crippen LogP) is 3.09. The number of rotatable bonds is 3. The third-order valence-corrected chi connectivity index (χ3v) is 5.30. The minimum Gasteiger partial charge on any atom is -0.478 e. The highest BCUT2D eigenvalue weighted by molar-refractivity contribution is 5.88. The van der Waals surface area contributed by atoms with Crippen molar-refractivity contribution >= 4 is 11.7 Å². The number of carboxylic acids is 1. The molecule has 1 aromatic carbocycles. The van der Waals surface area contributed by atoms with Crippen LogP contribution in [0, 0.1) is 5.92 Å². The Bertz CT molecular complexity index is 498. The second kappa shape index (κ2) is 6.69. The Morgan fingerprint density at radius 3 is 2.14 bits per heavy atom. The van der Waals surface area contributed by atoms with Gasteiger partial charge in [0, 0.05) is 37.9 Å². The summed E-state index contributed by atoms with van der Waals surface area (Å²) in [5.41, 5.74) is 1.50. The van der Waals surface area contributed by atoms with Gasteiger partial charge in [0.1, 0.15) is 0 Å². The van der Waals surface area contributed by atoms with Gasteiger partial charge in [-0.05, 0) is 55.9 Å². The molecule has 1 N–H and O–H groups in total. The van der Waals surface area contributed by atoms with E-state index in [1.165, 1.54) is 25.7 Å². The van der Waals surface area contributed by atoms with Gasteiger partial charge in [-0.15, -0.1) is 0 Å². The fourth-order valence-corrected chi connectivity index (χ4v) is 3.77. The summed E-state index contributed by atoms with van der Waals surface area (Å²) >= 11 is 0. The molecule has 4 nitrogen and oxygen atoms in total.